The van der Waals surface area contributed by atoms with E-state index < -0.39 is 0 Å². The molecule has 0 aromatic heterocycles. The fourth-order valence-electron chi connectivity index (χ4n) is 2.80. The number of halogens is 1. The molecule has 1 saturated carbocycles. The van der Waals surface area contributed by atoms with Gasteiger partial charge in [0.1, 0.15) is 5.82 Å². The van der Waals surface area contributed by atoms with Gasteiger partial charge in [-0.25, -0.2) is 4.39 Å². The monoisotopic (exact) mass is 236 g/mol. The van der Waals surface area contributed by atoms with E-state index in [1.807, 2.05) is 19.2 Å². The van der Waals surface area contributed by atoms with Crippen molar-refractivity contribution >= 4 is 0 Å². The molecule has 1 atom stereocenters. The van der Waals surface area contributed by atoms with Crippen LogP contribution in [0.25, 0.3) is 0 Å². The minimum absolute atomic E-state index is 0.00278. The average Bonchev–Trinajstić information content (AvgIpc) is 2.26. The first-order valence-electron chi connectivity index (χ1n) is 6.25. The second-order valence-electron chi connectivity index (χ2n) is 5.23. The Bertz CT molecular complexity index is 399. The third-order valence-corrected chi connectivity index (χ3v) is 4.08. The van der Waals surface area contributed by atoms with Gasteiger partial charge in [-0.2, -0.15) is 0 Å². The Labute approximate surface area is 102 Å². The van der Waals surface area contributed by atoms with Crippen molar-refractivity contribution in [2.24, 2.45) is 11.1 Å². The van der Waals surface area contributed by atoms with Gasteiger partial charge in [-0.15, -0.1) is 0 Å². The second kappa shape index (κ2) is 4.75. The molecule has 0 spiro atoms. The predicted octanol–water partition coefficient (Wildman–Crippen LogP) is 2.52. The maximum atomic E-state index is 13.2. The molecule has 1 aliphatic carbocycles. The maximum absolute atomic E-state index is 13.2. The number of aryl methyl sites for hydroxylation is 1. The molecule has 0 radical (unpaired) electrons. The Kier molecular flexibility index (Phi) is 3.50. The predicted molar refractivity (Wildman–Crippen MR) is 68.3 cm³/mol. The number of hydrogen-bond donors (Lipinski definition) is 2. The Morgan fingerprint density at radius 3 is 2.65 bits per heavy atom. The van der Waals surface area contributed by atoms with Gasteiger partial charge in [0.15, 0.2) is 0 Å². The van der Waals surface area contributed by atoms with E-state index in [1.165, 1.54) is 12.5 Å². The number of rotatable bonds is 4. The minimum Gasteiger partial charge on any atom is -0.323 e. The number of nitrogens with two attached hydrogens (primary N) is 1. The molecule has 3 heteroatoms. The first kappa shape index (κ1) is 12.5. The molecule has 1 unspecified atom stereocenters. The smallest absolute Gasteiger partial charge is 0.126 e. The van der Waals surface area contributed by atoms with Gasteiger partial charge in [0.25, 0.3) is 0 Å². The van der Waals surface area contributed by atoms with E-state index in [1.54, 1.807) is 6.92 Å². The lowest BCUT2D eigenvalue weighted by Crippen LogP contribution is -2.46. The molecule has 17 heavy (non-hydrogen) atoms. The van der Waals surface area contributed by atoms with Crippen molar-refractivity contribution in [2.75, 3.05) is 13.6 Å². The largest absolute Gasteiger partial charge is 0.323 e. The van der Waals surface area contributed by atoms with E-state index in [9.17, 15) is 4.39 Å². The molecular weight excluding hydrogens is 215 g/mol. The van der Waals surface area contributed by atoms with Crippen LogP contribution in [0.3, 0.4) is 0 Å². The van der Waals surface area contributed by atoms with Gasteiger partial charge in [0.05, 0.1) is 0 Å². The van der Waals surface area contributed by atoms with Gasteiger partial charge in [-0.3, -0.25) is 0 Å². The van der Waals surface area contributed by atoms with Gasteiger partial charge >= 0.3 is 0 Å². The summed E-state index contributed by atoms with van der Waals surface area (Å²) >= 11 is 0. The van der Waals surface area contributed by atoms with E-state index in [4.69, 9.17) is 5.73 Å². The molecule has 3 N–H and O–H groups in total. The molecule has 0 saturated heterocycles. The first-order chi connectivity index (χ1) is 8.09. The Balaban J connectivity index is 2.23. The molecule has 1 aliphatic rings. The summed E-state index contributed by atoms with van der Waals surface area (Å²) in [6, 6.07) is 5.23. The molecule has 2 rings (SSSR count). The van der Waals surface area contributed by atoms with Crippen molar-refractivity contribution in [1.29, 1.82) is 0 Å². The summed E-state index contributed by atoms with van der Waals surface area (Å²) in [4.78, 5) is 0. The van der Waals surface area contributed by atoms with Crippen molar-refractivity contribution in [1.82, 2.24) is 5.32 Å². The summed E-state index contributed by atoms with van der Waals surface area (Å²) in [6.07, 6.45) is 3.56. The van der Waals surface area contributed by atoms with Crippen LogP contribution in [0.1, 0.15) is 36.4 Å². The van der Waals surface area contributed by atoms with Gasteiger partial charge in [0.2, 0.25) is 0 Å². The zero-order chi connectivity index (χ0) is 12.5. The van der Waals surface area contributed by atoms with Gasteiger partial charge in [-0.1, -0.05) is 18.6 Å². The molecule has 0 bridgehead atoms. The van der Waals surface area contributed by atoms with Crippen LogP contribution in [0.4, 0.5) is 4.39 Å². The molecule has 2 nitrogen and oxygen atoms in total. The third kappa shape index (κ3) is 2.22. The van der Waals surface area contributed by atoms with Crippen molar-refractivity contribution in [3.05, 3.63) is 35.1 Å². The Hall–Kier alpha value is -0.930. The summed E-state index contributed by atoms with van der Waals surface area (Å²) in [7, 11) is 1.96. The van der Waals surface area contributed by atoms with Crippen molar-refractivity contribution < 1.29 is 4.39 Å². The highest BCUT2D eigenvalue weighted by Gasteiger charge is 2.42. The molecule has 0 aliphatic heterocycles. The molecule has 94 valence electrons. The van der Waals surface area contributed by atoms with Crippen LogP contribution >= 0.6 is 0 Å². The molecule has 0 amide bonds. The van der Waals surface area contributed by atoms with E-state index in [-0.39, 0.29) is 17.3 Å². The standard InChI is InChI=1S/C14H21FN2/c1-10-8-11(4-5-12(10)15)13(16)14(9-17-2)6-3-7-14/h4-5,8,13,17H,3,6-7,9,16H2,1-2H3. The van der Waals surface area contributed by atoms with E-state index in [0.29, 0.717) is 5.56 Å². The number of benzene rings is 1. The number of nitrogens with one attached hydrogen (secondary N) is 1. The summed E-state index contributed by atoms with van der Waals surface area (Å²) in [5.74, 6) is -0.155. The maximum Gasteiger partial charge on any atom is 0.126 e. The lowest BCUT2D eigenvalue weighted by atomic mass is 9.62. The lowest BCUT2D eigenvalue weighted by Gasteiger charge is -2.46. The summed E-state index contributed by atoms with van der Waals surface area (Å²) in [6.45, 7) is 2.72. The van der Waals surface area contributed by atoms with Gasteiger partial charge in [-0.05, 0) is 44.0 Å². The van der Waals surface area contributed by atoms with Gasteiger partial charge < -0.3 is 11.1 Å². The van der Waals surface area contributed by atoms with Crippen molar-refractivity contribution in [3.8, 4) is 0 Å². The fraction of sp³-hybridized carbons (Fsp3) is 0.571. The minimum atomic E-state index is -0.155. The highest BCUT2D eigenvalue weighted by Crippen LogP contribution is 2.48. The van der Waals surface area contributed by atoms with E-state index in [2.05, 4.69) is 5.32 Å². The van der Waals surface area contributed by atoms with Crippen LogP contribution in [0.5, 0.6) is 0 Å². The highest BCUT2D eigenvalue weighted by molar-refractivity contribution is 5.28. The summed E-state index contributed by atoms with van der Waals surface area (Å²) in [5.41, 5.74) is 8.28. The molecule has 1 fully saturated rings. The summed E-state index contributed by atoms with van der Waals surface area (Å²) < 4.78 is 13.2. The van der Waals surface area contributed by atoms with E-state index >= 15 is 0 Å². The van der Waals surface area contributed by atoms with Gasteiger partial charge in [0, 0.05) is 18.0 Å². The van der Waals surface area contributed by atoms with Crippen LogP contribution in [0.15, 0.2) is 18.2 Å². The average molecular weight is 236 g/mol. The molecule has 1 aromatic carbocycles. The Morgan fingerprint density at radius 2 is 2.18 bits per heavy atom. The van der Waals surface area contributed by atoms with Crippen LogP contribution in [0.2, 0.25) is 0 Å². The SMILES string of the molecule is CNCC1(C(N)c2ccc(F)c(C)c2)CCC1. The van der Waals surface area contributed by atoms with Crippen LogP contribution in [-0.2, 0) is 0 Å². The quantitative estimate of drug-likeness (QED) is 0.843. The normalized spacial score (nSPS) is 19.8. The van der Waals surface area contributed by atoms with Crippen molar-refractivity contribution in [3.63, 3.8) is 0 Å². The second-order valence-corrected chi connectivity index (χ2v) is 5.23. The van der Waals surface area contributed by atoms with Crippen LogP contribution in [0, 0.1) is 18.2 Å². The molecular formula is C14H21FN2. The van der Waals surface area contributed by atoms with E-state index in [0.717, 1.165) is 24.9 Å². The fourth-order valence-corrected chi connectivity index (χ4v) is 2.80. The zero-order valence-corrected chi connectivity index (χ0v) is 10.6. The van der Waals surface area contributed by atoms with Crippen LogP contribution < -0.4 is 11.1 Å². The first-order valence-corrected chi connectivity index (χ1v) is 6.25. The zero-order valence-electron chi connectivity index (χ0n) is 10.6. The number of hydrogen-bond acceptors (Lipinski definition) is 2. The molecule has 1 aromatic rings. The van der Waals surface area contributed by atoms with Crippen molar-refractivity contribution in [2.45, 2.75) is 32.2 Å². The Morgan fingerprint density at radius 1 is 1.47 bits per heavy atom. The third-order valence-electron chi connectivity index (χ3n) is 4.08. The topological polar surface area (TPSA) is 38.0 Å². The molecule has 0 heterocycles. The highest BCUT2D eigenvalue weighted by atomic mass is 19.1. The summed E-state index contributed by atoms with van der Waals surface area (Å²) in [5, 5.41) is 3.23. The van der Waals surface area contributed by atoms with Crippen LogP contribution in [-0.4, -0.2) is 13.6 Å². The lowest BCUT2D eigenvalue weighted by molar-refractivity contribution is 0.0947.